The second kappa shape index (κ2) is 4.89. The maximum Gasteiger partial charge on any atom is 0.229 e. The fraction of sp³-hybridized carbons (Fsp3) is 0.417. The van der Waals surface area contributed by atoms with Gasteiger partial charge in [0.2, 0.25) is 5.13 Å². The van der Waals surface area contributed by atoms with E-state index in [1.165, 1.54) is 11.5 Å². The molecule has 1 heterocycles. The SMILES string of the molecule is COc1ccc(Nc2nnns2)cc1C(C)(C)C. The van der Waals surface area contributed by atoms with Gasteiger partial charge in [-0.25, -0.2) is 0 Å². The van der Waals surface area contributed by atoms with E-state index in [9.17, 15) is 0 Å². The van der Waals surface area contributed by atoms with Crippen LogP contribution in [0.5, 0.6) is 5.75 Å². The molecule has 0 bridgehead atoms. The summed E-state index contributed by atoms with van der Waals surface area (Å²) >= 11 is 1.23. The Kier molecular flexibility index (Phi) is 3.47. The molecule has 96 valence electrons. The fourth-order valence-electron chi connectivity index (χ4n) is 1.68. The third-order valence-corrected chi connectivity index (χ3v) is 3.07. The van der Waals surface area contributed by atoms with Crippen LogP contribution >= 0.6 is 11.5 Å². The number of aromatic nitrogens is 3. The Labute approximate surface area is 110 Å². The van der Waals surface area contributed by atoms with E-state index in [0.29, 0.717) is 5.13 Å². The number of hydrogen-bond donors (Lipinski definition) is 1. The number of methoxy groups -OCH3 is 1. The molecule has 5 nitrogen and oxygen atoms in total. The Morgan fingerprint density at radius 3 is 2.61 bits per heavy atom. The van der Waals surface area contributed by atoms with Crippen molar-refractivity contribution in [3.05, 3.63) is 23.8 Å². The maximum absolute atomic E-state index is 5.40. The summed E-state index contributed by atoms with van der Waals surface area (Å²) in [6.45, 7) is 6.46. The monoisotopic (exact) mass is 264 g/mol. The molecule has 1 N–H and O–H groups in total. The van der Waals surface area contributed by atoms with Crippen molar-refractivity contribution < 1.29 is 4.74 Å². The number of rotatable bonds is 3. The third-order valence-electron chi connectivity index (χ3n) is 2.56. The Hall–Kier alpha value is -1.69. The largest absolute Gasteiger partial charge is 0.496 e. The maximum atomic E-state index is 5.40. The quantitative estimate of drug-likeness (QED) is 0.923. The van der Waals surface area contributed by atoms with Crippen molar-refractivity contribution in [1.82, 2.24) is 14.8 Å². The molecular weight excluding hydrogens is 248 g/mol. The zero-order valence-corrected chi connectivity index (χ0v) is 11.7. The van der Waals surface area contributed by atoms with E-state index in [1.54, 1.807) is 7.11 Å². The smallest absolute Gasteiger partial charge is 0.229 e. The summed E-state index contributed by atoms with van der Waals surface area (Å²) in [7, 11) is 1.69. The van der Waals surface area contributed by atoms with Crippen LogP contribution in [0.15, 0.2) is 18.2 Å². The highest BCUT2D eigenvalue weighted by Gasteiger charge is 2.19. The average Bonchev–Trinajstić information content (AvgIpc) is 2.80. The van der Waals surface area contributed by atoms with Gasteiger partial charge in [-0.05, 0) is 28.8 Å². The molecule has 0 unspecified atom stereocenters. The van der Waals surface area contributed by atoms with E-state index in [-0.39, 0.29) is 5.41 Å². The van der Waals surface area contributed by atoms with Crippen LogP contribution < -0.4 is 10.1 Å². The molecule has 1 aromatic heterocycles. The van der Waals surface area contributed by atoms with E-state index in [1.807, 2.05) is 12.1 Å². The van der Waals surface area contributed by atoms with Crippen molar-refractivity contribution in [3.63, 3.8) is 0 Å². The van der Waals surface area contributed by atoms with Gasteiger partial charge in [0.1, 0.15) is 5.75 Å². The van der Waals surface area contributed by atoms with Crippen molar-refractivity contribution in [2.75, 3.05) is 12.4 Å². The van der Waals surface area contributed by atoms with Crippen LogP contribution in [-0.4, -0.2) is 21.9 Å². The number of hydrogen-bond acceptors (Lipinski definition) is 6. The van der Waals surface area contributed by atoms with Gasteiger partial charge in [0.05, 0.1) is 7.11 Å². The summed E-state index contributed by atoms with van der Waals surface area (Å²) in [5.41, 5.74) is 2.12. The number of benzene rings is 1. The van der Waals surface area contributed by atoms with Crippen molar-refractivity contribution >= 4 is 22.4 Å². The minimum Gasteiger partial charge on any atom is -0.496 e. The van der Waals surface area contributed by atoms with Gasteiger partial charge in [-0.3, -0.25) is 0 Å². The van der Waals surface area contributed by atoms with Crippen LogP contribution in [0.1, 0.15) is 26.3 Å². The minimum atomic E-state index is 0.0163. The van der Waals surface area contributed by atoms with Gasteiger partial charge in [-0.15, -0.1) is 0 Å². The second-order valence-electron chi connectivity index (χ2n) is 4.96. The van der Waals surface area contributed by atoms with Gasteiger partial charge in [-0.1, -0.05) is 30.4 Å². The molecule has 0 fully saturated rings. The van der Waals surface area contributed by atoms with Crippen LogP contribution in [0.2, 0.25) is 0 Å². The summed E-state index contributed by atoms with van der Waals surface area (Å²) in [6.07, 6.45) is 0. The lowest BCUT2D eigenvalue weighted by molar-refractivity contribution is 0.397. The topological polar surface area (TPSA) is 59.9 Å². The van der Waals surface area contributed by atoms with Gasteiger partial charge in [0.25, 0.3) is 0 Å². The predicted molar refractivity (Wildman–Crippen MR) is 72.7 cm³/mol. The lowest BCUT2D eigenvalue weighted by Crippen LogP contribution is -2.13. The summed E-state index contributed by atoms with van der Waals surface area (Å²) in [6, 6.07) is 5.98. The molecule has 0 saturated heterocycles. The molecular formula is C12H16N4OS. The standard InChI is InChI=1S/C12H16N4OS/c1-12(2,3)9-7-8(5-6-10(9)17-4)13-11-14-15-16-18-11/h5-7H,1-4H3,(H,13,14,16). The normalized spacial score (nSPS) is 11.3. The molecule has 2 aromatic rings. The van der Waals surface area contributed by atoms with Crippen LogP contribution in [0.4, 0.5) is 10.8 Å². The van der Waals surface area contributed by atoms with Crippen molar-refractivity contribution in [3.8, 4) is 5.75 Å². The molecule has 0 radical (unpaired) electrons. The van der Waals surface area contributed by atoms with Crippen molar-refractivity contribution in [1.29, 1.82) is 0 Å². The van der Waals surface area contributed by atoms with Gasteiger partial charge in [0.15, 0.2) is 0 Å². The summed E-state index contributed by atoms with van der Waals surface area (Å²) in [5.74, 6) is 0.892. The van der Waals surface area contributed by atoms with Crippen molar-refractivity contribution in [2.24, 2.45) is 0 Å². The molecule has 0 aliphatic rings. The molecule has 0 atom stereocenters. The van der Waals surface area contributed by atoms with E-state index < -0.39 is 0 Å². The molecule has 2 rings (SSSR count). The number of nitrogens with zero attached hydrogens (tertiary/aromatic N) is 3. The fourth-order valence-corrected chi connectivity index (χ4v) is 2.06. The highest BCUT2D eigenvalue weighted by molar-refractivity contribution is 7.09. The first kappa shape index (κ1) is 12.8. The lowest BCUT2D eigenvalue weighted by atomic mass is 9.86. The summed E-state index contributed by atoms with van der Waals surface area (Å²) in [4.78, 5) is 0. The van der Waals surface area contributed by atoms with E-state index in [4.69, 9.17) is 4.74 Å². The van der Waals surface area contributed by atoms with Crippen LogP contribution in [0, 0.1) is 0 Å². The molecule has 18 heavy (non-hydrogen) atoms. The highest BCUT2D eigenvalue weighted by atomic mass is 32.1. The van der Waals surface area contributed by atoms with Crippen LogP contribution in [0.3, 0.4) is 0 Å². The average molecular weight is 264 g/mol. The number of anilines is 2. The van der Waals surface area contributed by atoms with E-state index in [0.717, 1.165) is 17.0 Å². The molecule has 0 aliphatic carbocycles. The molecule has 0 amide bonds. The van der Waals surface area contributed by atoms with E-state index >= 15 is 0 Å². The summed E-state index contributed by atoms with van der Waals surface area (Å²) in [5, 5.41) is 11.3. The Morgan fingerprint density at radius 1 is 1.28 bits per heavy atom. The van der Waals surface area contributed by atoms with Crippen molar-refractivity contribution in [2.45, 2.75) is 26.2 Å². The molecule has 0 spiro atoms. The highest BCUT2D eigenvalue weighted by Crippen LogP contribution is 2.34. The number of ether oxygens (including phenoxy) is 1. The predicted octanol–water partition coefficient (Wildman–Crippen LogP) is 2.98. The Balaban J connectivity index is 2.34. The molecule has 6 heteroatoms. The first-order valence-corrected chi connectivity index (χ1v) is 6.38. The molecule has 1 aromatic carbocycles. The first-order valence-electron chi connectivity index (χ1n) is 5.61. The van der Waals surface area contributed by atoms with Gasteiger partial charge in [-0.2, -0.15) is 0 Å². The minimum absolute atomic E-state index is 0.0163. The zero-order valence-electron chi connectivity index (χ0n) is 10.9. The van der Waals surface area contributed by atoms with Gasteiger partial charge >= 0.3 is 0 Å². The second-order valence-corrected chi connectivity index (χ2v) is 5.69. The third kappa shape index (κ3) is 2.76. The van der Waals surface area contributed by atoms with E-state index in [2.05, 4.69) is 47.0 Å². The molecule has 0 aliphatic heterocycles. The van der Waals surface area contributed by atoms with Gasteiger partial charge < -0.3 is 10.1 Å². The van der Waals surface area contributed by atoms with Gasteiger partial charge in [0, 0.05) is 22.8 Å². The Bertz CT molecular complexity index is 519. The number of nitrogens with one attached hydrogen (secondary N) is 1. The summed E-state index contributed by atoms with van der Waals surface area (Å²) < 4.78 is 9.11. The first-order chi connectivity index (χ1) is 8.50. The Morgan fingerprint density at radius 2 is 2.06 bits per heavy atom. The zero-order chi connectivity index (χ0) is 13.2. The molecule has 0 saturated carbocycles. The van der Waals surface area contributed by atoms with Crippen LogP contribution in [-0.2, 0) is 5.41 Å². The van der Waals surface area contributed by atoms with Crippen LogP contribution in [0.25, 0.3) is 0 Å². The lowest BCUT2D eigenvalue weighted by Gasteiger charge is -2.22.